The van der Waals surface area contributed by atoms with Crippen LogP contribution in [-0.2, 0) is 19.1 Å². The van der Waals surface area contributed by atoms with E-state index in [0.717, 1.165) is 12.2 Å². The van der Waals surface area contributed by atoms with Crippen LogP contribution in [0.2, 0.25) is 0 Å². The Morgan fingerprint density at radius 1 is 1.22 bits per heavy atom. The zero-order valence-electron chi connectivity index (χ0n) is 16.9. The van der Waals surface area contributed by atoms with Crippen LogP contribution in [0.4, 0.5) is 20.6 Å². The number of nitrogens with zero attached hydrogens (tertiary/aromatic N) is 3. The maximum absolute atomic E-state index is 14.8. The van der Waals surface area contributed by atoms with Gasteiger partial charge in [0.1, 0.15) is 11.9 Å². The van der Waals surface area contributed by atoms with Crippen molar-refractivity contribution in [1.82, 2.24) is 10.2 Å². The number of carboxylic acids is 1. The molecule has 0 aliphatic carbocycles. The number of halogens is 1. The van der Waals surface area contributed by atoms with Crippen molar-refractivity contribution in [1.29, 1.82) is 0 Å². The number of anilines is 2. The van der Waals surface area contributed by atoms with Gasteiger partial charge >= 0.3 is 41.6 Å². The summed E-state index contributed by atoms with van der Waals surface area (Å²) in [6.45, 7) is 3.16. The van der Waals surface area contributed by atoms with Crippen LogP contribution in [0.3, 0.4) is 0 Å². The maximum atomic E-state index is 14.8. The van der Waals surface area contributed by atoms with Gasteiger partial charge in [-0.05, 0) is 18.2 Å². The number of aliphatic carboxylic acids is 1. The quantitative estimate of drug-likeness (QED) is 0.452. The van der Waals surface area contributed by atoms with Gasteiger partial charge in [0.05, 0.1) is 24.5 Å². The number of benzene rings is 1. The summed E-state index contributed by atoms with van der Waals surface area (Å²) in [6.07, 6.45) is 0.669. The molecule has 0 aromatic heterocycles. The number of hydrogen-bond acceptors (Lipinski definition) is 6. The Labute approximate surface area is 206 Å². The van der Waals surface area contributed by atoms with Gasteiger partial charge in [0.2, 0.25) is 11.8 Å². The van der Waals surface area contributed by atoms with E-state index in [1.807, 2.05) is 0 Å². The van der Waals surface area contributed by atoms with E-state index in [0.29, 0.717) is 37.6 Å². The number of rotatable bonds is 6. The monoisotopic (exact) mass is 458 g/mol. The number of carboxylic acid groups (broad SMARTS) is 1. The Morgan fingerprint density at radius 3 is 2.50 bits per heavy atom. The van der Waals surface area contributed by atoms with Crippen LogP contribution < -0.4 is 15.1 Å². The third-order valence-corrected chi connectivity index (χ3v) is 5.00. The molecule has 3 rings (SSSR count). The zero-order valence-corrected chi connectivity index (χ0v) is 16.9. The molecule has 2 heterocycles. The molecule has 2 N–H and O–H groups in total. The zero-order chi connectivity index (χ0) is 22.5. The Kier molecular flexibility index (Phi) is 9.05. The van der Waals surface area contributed by atoms with Gasteiger partial charge in [-0.2, -0.15) is 0 Å². The van der Waals surface area contributed by atoms with Crippen molar-refractivity contribution in [3.8, 4) is 0 Å². The molecule has 2 aliphatic rings. The molecule has 2 aliphatic heterocycles. The average molecular weight is 458 g/mol. The van der Waals surface area contributed by atoms with Crippen LogP contribution in [0.5, 0.6) is 0 Å². The van der Waals surface area contributed by atoms with E-state index in [9.17, 15) is 23.6 Å². The molecule has 0 bridgehead atoms. The molecular weight excluding hydrogens is 434 g/mol. The Bertz CT molecular complexity index is 919. The van der Waals surface area contributed by atoms with Gasteiger partial charge in [0.15, 0.2) is 0 Å². The van der Waals surface area contributed by atoms with E-state index < -0.39 is 29.9 Å². The topological polar surface area (TPSA) is 119 Å². The van der Waals surface area contributed by atoms with Gasteiger partial charge in [-0.3, -0.25) is 14.5 Å². The number of cyclic esters (lactones) is 1. The second kappa shape index (κ2) is 11.3. The number of piperazine rings is 1. The van der Waals surface area contributed by atoms with Crippen LogP contribution in [0.1, 0.15) is 6.92 Å². The standard InChI is InChI=1S/C20H23FN4O6.Na.H/c1-13(26)22-11-15-12-25(20(30)31-15)14-2-3-17(16(21)10-14)23-6-8-24(9-7-23)18(27)4-5-19(28)29;;/h2-5,10,15H,6-9,11-12H2,1H3,(H,22,26)(H,28,29);;. The number of amides is 3. The molecule has 0 radical (unpaired) electrons. The summed E-state index contributed by atoms with van der Waals surface area (Å²) < 4.78 is 20.0. The van der Waals surface area contributed by atoms with Crippen LogP contribution in [0, 0.1) is 5.82 Å². The number of carbonyl (C=O) groups excluding carboxylic acids is 3. The molecule has 32 heavy (non-hydrogen) atoms. The molecule has 168 valence electrons. The Hall–Kier alpha value is -2.63. The van der Waals surface area contributed by atoms with Crippen molar-refractivity contribution in [3.63, 3.8) is 0 Å². The van der Waals surface area contributed by atoms with E-state index in [4.69, 9.17) is 9.84 Å². The molecule has 1 aromatic rings. The van der Waals surface area contributed by atoms with Gasteiger partial charge in [-0.25, -0.2) is 14.0 Å². The van der Waals surface area contributed by atoms with Crippen molar-refractivity contribution in [2.24, 2.45) is 0 Å². The summed E-state index contributed by atoms with van der Waals surface area (Å²) >= 11 is 0. The predicted molar refractivity (Wildman–Crippen MR) is 115 cm³/mol. The molecule has 3 amide bonds. The van der Waals surface area contributed by atoms with E-state index >= 15 is 0 Å². The molecule has 1 aromatic carbocycles. The fourth-order valence-electron chi connectivity index (χ4n) is 3.43. The Balaban J connectivity index is 0.00000363. The van der Waals surface area contributed by atoms with Crippen molar-refractivity contribution in [2.75, 3.05) is 49.1 Å². The SMILES string of the molecule is CC(=O)NCC1CN(c2ccc(N3CCN(C(=O)C=CC(=O)O)CC3)c(F)c2)C(=O)O1.[NaH]. The van der Waals surface area contributed by atoms with Gasteiger partial charge in [0, 0.05) is 45.3 Å². The van der Waals surface area contributed by atoms with Gasteiger partial charge in [-0.1, -0.05) is 0 Å². The van der Waals surface area contributed by atoms with Crippen LogP contribution in [0.15, 0.2) is 30.4 Å². The first kappa shape index (κ1) is 25.6. The van der Waals surface area contributed by atoms with E-state index in [-0.39, 0.29) is 48.6 Å². The second-order valence-electron chi connectivity index (χ2n) is 7.17. The molecule has 2 fully saturated rings. The van der Waals surface area contributed by atoms with Crippen molar-refractivity contribution in [2.45, 2.75) is 13.0 Å². The first-order chi connectivity index (χ1) is 14.7. The number of ether oxygens (including phenoxy) is 1. The molecule has 10 nitrogen and oxygen atoms in total. The van der Waals surface area contributed by atoms with E-state index in [2.05, 4.69) is 5.32 Å². The van der Waals surface area contributed by atoms with Crippen LogP contribution in [-0.4, -0.2) is 109 Å². The Morgan fingerprint density at radius 2 is 1.91 bits per heavy atom. The molecule has 0 saturated carbocycles. The first-order valence-corrected chi connectivity index (χ1v) is 9.71. The summed E-state index contributed by atoms with van der Waals surface area (Å²) in [6, 6.07) is 4.44. The first-order valence-electron chi connectivity index (χ1n) is 9.71. The van der Waals surface area contributed by atoms with Gasteiger partial charge < -0.3 is 25.0 Å². The summed E-state index contributed by atoms with van der Waals surface area (Å²) in [5, 5.41) is 11.2. The van der Waals surface area contributed by atoms with Crippen LogP contribution in [0.25, 0.3) is 0 Å². The second-order valence-corrected chi connectivity index (χ2v) is 7.17. The van der Waals surface area contributed by atoms with Crippen LogP contribution >= 0.6 is 0 Å². The molecule has 0 spiro atoms. The number of carbonyl (C=O) groups is 4. The van der Waals surface area contributed by atoms with Gasteiger partial charge in [0.25, 0.3) is 0 Å². The minimum atomic E-state index is -1.20. The third kappa shape index (κ3) is 6.44. The third-order valence-electron chi connectivity index (χ3n) is 5.00. The molecule has 2 saturated heterocycles. The molecular formula is C20H24FN4NaO6. The molecule has 1 atom stereocenters. The summed E-state index contributed by atoms with van der Waals surface area (Å²) in [4.78, 5) is 50.2. The fourth-order valence-corrected chi connectivity index (χ4v) is 3.43. The summed E-state index contributed by atoms with van der Waals surface area (Å²) in [7, 11) is 0. The predicted octanol–water partition coefficient (Wildman–Crippen LogP) is -0.0721. The average Bonchev–Trinajstić information content (AvgIpc) is 3.11. The van der Waals surface area contributed by atoms with E-state index in [1.54, 1.807) is 17.0 Å². The normalized spacial score (nSPS) is 18.4. The molecule has 12 heteroatoms. The van der Waals surface area contributed by atoms with Crippen molar-refractivity contribution in [3.05, 3.63) is 36.2 Å². The fraction of sp³-hybridized carbons (Fsp3) is 0.400. The van der Waals surface area contributed by atoms with E-state index in [1.165, 1.54) is 22.8 Å². The van der Waals surface area contributed by atoms with Crippen molar-refractivity contribution >= 4 is 64.8 Å². The number of nitrogens with one attached hydrogen (secondary N) is 1. The minimum absolute atomic E-state index is 0. The number of hydrogen-bond donors (Lipinski definition) is 2. The van der Waals surface area contributed by atoms with Gasteiger partial charge in [-0.15, -0.1) is 0 Å². The summed E-state index contributed by atoms with van der Waals surface area (Å²) in [5.41, 5.74) is 0.698. The van der Waals surface area contributed by atoms with Crippen molar-refractivity contribution < 1.29 is 33.4 Å². The molecule has 1 unspecified atom stereocenters. The summed E-state index contributed by atoms with van der Waals surface area (Å²) in [5.74, 6) is -2.34.